The molecule has 0 amide bonds. The summed E-state index contributed by atoms with van der Waals surface area (Å²) >= 11 is 2.31. The molecular weight excluding hydrogens is 251 g/mol. The maximum atomic E-state index is 3.20. The predicted octanol–water partition coefficient (Wildman–Crippen LogP) is 1.60. The van der Waals surface area contributed by atoms with E-state index >= 15 is 0 Å². The third kappa shape index (κ3) is 1.24. The lowest BCUT2D eigenvalue weighted by Gasteiger charge is -1.85. The number of H-pyrrole nitrogens is 1. The van der Waals surface area contributed by atoms with Crippen molar-refractivity contribution in [2.75, 3.05) is 0 Å². The lowest BCUT2D eigenvalue weighted by molar-refractivity contribution is -0.724. The second kappa shape index (κ2) is 2.48. The third-order valence-corrected chi connectivity index (χ3v) is 2.31. The number of nitrogens with zero attached hydrogens (tertiary/aromatic N) is 1. The molecule has 1 N–H and O–H groups in total. The molecule has 0 atom stereocenters. The summed E-state index contributed by atoms with van der Waals surface area (Å²) in [6.07, 6.45) is 2.08. The summed E-state index contributed by atoms with van der Waals surface area (Å²) in [5.41, 5.74) is 1.19. The zero-order valence-electron chi connectivity index (χ0n) is 6.13. The smallest absolute Gasteiger partial charge is 0.165 e. The molecular formula is C8H8IN2+. The molecule has 0 saturated carbocycles. The zero-order valence-corrected chi connectivity index (χ0v) is 8.29. The molecule has 1 heterocycles. The third-order valence-electron chi connectivity index (χ3n) is 1.64. The Kier molecular flexibility index (Phi) is 1.60. The minimum Gasteiger partial charge on any atom is -0.165 e. The highest BCUT2D eigenvalue weighted by Crippen LogP contribution is 2.12. The second-order valence-corrected chi connectivity index (χ2v) is 3.83. The number of aryl methyl sites for hydroxylation is 1. The van der Waals surface area contributed by atoms with Crippen LogP contribution in [-0.4, -0.2) is 5.10 Å². The normalized spacial score (nSPS) is 10.7. The first-order chi connectivity index (χ1) is 5.25. The van der Waals surface area contributed by atoms with Gasteiger partial charge in [-0.3, -0.25) is 0 Å². The molecule has 11 heavy (non-hydrogen) atoms. The van der Waals surface area contributed by atoms with Crippen LogP contribution in [0.5, 0.6) is 0 Å². The molecule has 2 aromatic rings. The summed E-state index contributed by atoms with van der Waals surface area (Å²) in [4.78, 5) is 0. The standard InChI is InChI=1S/C8H7IN2/c1-11-5-6-4-7(9)2-3-8(6)10-11/h2-5H,1H3/p+1. The fourth-order valence-corrected chi connectivity index (χ4v) is 1.69. The summed E-state index contributed by atoms with van der Waals surface area (Å²) in [7, 11) is 1.99. The van der Waals surface area contributed by atoms with Gasteiger partial charge < -0.3 is 0 Å². The molecule has 0 radical (unpaired) electrons. The van der Waals surface area contributed by atoms with Crippen LogP contribution in [0.2, 0.25) is 0 Å². The van der Waals surface area contributed by atoms with Gasteiger partial charge in [-0.15, -0.1) is 4.68 Å². The highest BCUT2D eigenvalue weighted by Gasteiger charge is 2.01. The van der Waals surface area contributed by atoms with Gasteiger partial charge in [0.1, 0.15) is 5.52 Å². The van der Waals surface area contributed by atoms with Crippen LogP contribution in [0.3, 0.4) is 0 Å². The van der Waals surface area contributed by atoms with E-state index < -0.39 is 0 Å². The number of aromatic nitrogens is 2. The topological polar surface area (TPSA) is 19.7 Å². The van der Waals surface area contributed by atoms with Gasteiger partial charge in [0.05, 0.1) is 5.39 Å². The Morgan fingerprint density at radius 3 is 3.09 bits per heavy atom. The van der Waals surface area contributed by atoms with Crippen molar-refractivity contribution < 1.29 is 4.68 Å². The molecule has 2 nitrogen and oxygen atoms in total. The number of nitrogens with one attached hydrogen (secondary N) is 1. The number of hydrogen-bond acceptors (Lipinski definition) is 0. The molecule has 0 fully saturated rings. The summed E-state index contributed by atoms with van der Waals surface area (Å²) in [6.45, 7) is 0. The van der Waals surface area contributed by atoms with E-state index in [4.69, 9.17) is 0 Å². The summed E-state index contributed by atoms with van der Waals surface area (Å²) < 4.78 is 3.23. The van der Waals surface area contributed by atoms with E-state index in [1.807, 2.05) is 11.7 Å². The predicted molar refractivity (Wildman–Crippen MR) is 52.2 cm³/mol. The fraction of sp³-hybridized carbons (Fsp3) is 0.125. The van der Waals surface area contributed by atoms with Crippen LogP contribution in [0.4, 0.5) is 0 Å². The average Bonchev–Trinajstić information content (AvgIpc) is 2.27. The van der Waals surface area contributed by atoms with Gasteiger partial charge in [-0.1, -0.05) is 0 Å². The number of hydrogen-bond donors (Lipinski definition) is 1. The van der Waals surface area contributed by atoms with E-state index in [0.717, 1.165) is 0 Å². The van der Waals surface area contributed by atoms with Crippen LogP contribution in [0, 0.1) is 3.57 Å². The molecule has 0 aliphatic heterocycles. The number of rotatable bonds is 0. The molecule has 0 unspecified atom stereocenters. The Morgan fingerprint density at radius 2 is 2.27 bits per heavy atom. The summed E-state index contributed by atoms with van der Waals surface area (Å²) in [5.74, 6) is 0. The van der Waals surface area contributed by atoms with E-state index in [1.54, 1.807) is 0 Å². The van der Waals surface area contributed by atoms with Crippen LogP contribution in [-0.2, 0) is 7.05 Å². The molecule has 0 aliphatic carbocycles. The maximum Gasteiger partial charge on any atom is 0.203 e. The lowest BCUT2D eigenvalue weighted by atomic mass is 10.3. The van der Waals surface area contributed by atoms with Crippen molar-refractivity contribution in [2.45, 2.75) is 0 Å². The highest BCUT2D eigenvalue weighted by atomic mass is 127. The van der Waals surface area contributed by atoms with Gasteiger partial charge in [-0.05, 0) is 40.8 Å². The van der Waals surface area contributed by atoms with E-state index in [0.29, 0.717) is 0 Å². The summed E-state index contributed by atoms with van der Waals surface area (Å²) in [6, 6.07) is 6.35. The molecule has 2 rings (SSSR count). The van der Waals surface area contributed by atoms with Crippen molar-refractivity contribution in [3.63, 3.8) is 0 Å². The Labute approximate surface area is 78.3 Å². The Balaban J connectivity index is 2.82. The zero-order chi connectivity index (χ0) is 7.84. The number of benzene rings is 1. The Hall–Kier alpha value is -0.580. The van der Waals surface area contributed by atoms with Crippen LogP contribution < -0.4 is 4.68 Å². The lowest BCUT2D eigenvalue weighted by Crippen LogP contribution is -2.27. The molecule has 1 aromatic heterocycles. The van der Waals surface area contributed by atoms with Gasteiger partial charge in [0, 0.05) is 3.57 Å². The molecule has 0 spiro atoms. The maximum absolute atomic E-state index is 3.20. The SMILES string of the molecule is C[n+]1cc2cc(I)ccc2[nH]1. The van der Waals surface area contributed by atoms with Crippen molar-refractivity contribution in [1.82, 2.24) is 5.10 Å². The first-order valence-electron chi connectivity index (χ1n) is 3.39. The molecule has 0 saturated heterocycles. The van der Waals surface area contributed by atoms with Crippen LogP contribution in [0.15, 0.2) is 24.4 Å². The van der Waals surface area contributed by atoms with Crippen LogP contribution in [0.25, 0.3) is 10.9 Å². The van der Waals surface area contributed by atoms with E-state index in [-0.39, 0.29) is 0 Å². The molecule has 56 valence electrons. The van der Waals surface area contributed by atoms with E-state index in [9.17, 15) is 0 Å². The number of fused-ring (bicyclic) bond motifs is 1. The van der Waals surface area contributed by atoms with E-state index in [2.05, 4.69) is 52.1 Å². The first-order valence-corrected chi connectivity index (χ1v) is 4.47. The molecule has 0 aliphatic rings. The first kappa shape index (κ1) is 7.09. The van der Waals surface area contributed by atoms with Crippen molar-refractivity contribution in [2.24, 2.45) is 7.05 Å². The second-order valence-electron chi connectivity index (χ2n) is 2.58. The summed E-state index contributed by atoms with van der Waals surface area (Å²) in [5, 5.41) is 4.46. The minimum absolute atomic E-state index is 1.19. The Morgan fingerprint density at radius 1 is 1.45 bits per heavy atom. The van der Waals surface area contributed by atoms with Gasteiger partial charge in [0.15, 0.2) is 7.05 Å². The van der Waals surface area contributed by atoms with Gasteiger partial charge in [0.2, 0.25) is 6.20 Å². The van der Waals surface area contributed by atoms with Gasteiger partial charge in [-0.2, -0.15) is 5.10 Å². The fourth-order valence-electron chi connectivity index (χ4n) is 1.17. The van der Waals surface area contributed by atoms with Gasteiger partial charge in [-0.25, -0.2) is 0 Å². The average molecular weight is 259 g/mol. The quantitative estimate of drug-likeness (QED) is 0.547. The molecule has 1 aromatic carbocycles. The minimum atomic E-state index is 1.19. The van der Waals surface area contributed by atoms with Crippen molar-refractivity contribution in [3.05, 3.63) is 28.0 Å². The van der Waals surface area contributed by atoms with Crippen LogP contribution >= 0.6 is 22.6 Å². The van der Waals surface area contributed by atoms with Crippen molar-refractivity contribution >= 4 is 33.5 Å². The van der Waals surface area contributed by atoms with E-state index in [1.165, 1.54) is 14.5 Å². The monoisotopic (exact) mass is 259 g/mol. The van der Waals surface area contributed by atoms with Gasteiger partial charge in [0.25, 0.3) is 0 Å². The number of aromatic amines is 1. The number of halogens is 1. The van der Waals surface area contributed by atoms with Crippen molar-refractivity contribution in [3.8, 4) is 0 Å². The Bertz CT molecular complexity index is 392. The van der Waals surface area contributed by atoms with Gasteiger partial charge >= 0.3 is 0 Å². The molecule has 3 heteroatoms. The van der Waals surface area contributed by atoms with Crippen molar-refractivity contribution in [1.29, 1.82) is 0 Å². The van der Waals surface area contributed by atoms with Crippen LogP contribution in [0.1, 0.15) is 0 Å². The molecule has 0 bridgehead atoms. The highest BCUT2D eigenvalue weighted by molar-refractivity contribution is 14.1. The largest absolute Gasteiger partial charge is 0.203 e.